The van der Waals surface area contributed by atoms with Gasteiger partial charge < -0.3 is 4.79 Å². The second-order valence-electron chi connectivity index (χ2n) is 2.66. The van der Waals surface area contributed by atoms with Crippen molar-refractivity contribution in [3.05, 3.63) is 0 Å². The molecule has 0 aliphatic rings. The highest BCUT2D eigenvalue weighted by Gasteiger charge is 1.99. The highest BCUT2D eigenvalue weighted by molar-refractivity contribution is 7.85. The molecule has 0 aromatic carbocycles. The maximum absolute atomic E-state index is 10.8. The van der Waals surface area contributed by atoms with Crippen molar-refractivity contribution in [2.45, 2.75) is 20.3 Å². The summed E-state index contributed by atoms with van der Waals surface area (Å²) in [5.74, 6) is 1.44. The van der Waals surface area contributed by atoms with Crippen LogP contribution >= 0.6 is 0 Å². The smallest absolute Gasteiger partial charge is 0.132 e. The van der Waals surface area contributed by atoms with Crippen LogP contribution in [-0.2, 0) is 15.6 Å². The summed E-state index contributed by atoms with van der Waals surface area (Å²) in [4.78, 5) is 9.87. The lowest BCUT2D eigenvalue weighted by molar-refractivity contribution is -0.105. The van der Waals surface area contributed by atoms with E-state index in [0.717, 1.165) is 12.7 Å². The zero-order chi connectivity index (χ0) is 7.98. The molecule has 3 heteroatoms. The minimum Gasteiger partial charge on any atom is -0.302 e. The van der Waals surface area contributed by atoms with E-state index in [9.17, 15) is 9.00 Å². The molecular formula is C7H14O2S. The monoisotopic (exact) mass is 162 g/mol. The van der Waals surface area contributed by atoms with Crippen LogP contribution in [0.4, 0.5) is 0 Å². The van der Waals surface area contributed by atoms with E-state index in [1.165, 1.54) is 0 Å². The third-order valence-corrected chi connectivity index (χ3v) is 2.38. The molecule has 1 atom stereocenters. The average molecular weight is 162 g/mol. The predicted octanol–water partition coefficient (Wildman–Crippen LogP) is 0.980. The first-order valence-electron chi connectivity index (χ1n) is 3.45. The van der Waals surface area contributed by atoms with Gasteiger partial charge in [-0.2, -0.15) is 0 Å². The van der Waals surface area contributed by atoms with Crippen molar-refractivity contribution in [2.75, 3.05) is 11.5 Å². The van der Waals surface area contributed by atoms with E-state index in [1.807, 2.05) is 0 Å². The first kappa shape index (κ1) is 9.82. The van der Waals surface area contributed by atoms with Crippen LogP contribution in [0.15, 0.2) is 0 Å². The molecule has 0 aliphatic carbocycles. The Labute approximate surface area is 64.5 Å². The summed E-state index contributed by atoms with van der Waals surface area (Å²) in [5, 5.41) is 0. The summed E-state index contributed by atoms with van der Waals surface area (Å²) < 4.78 is 10.8. The van der Waals surface area contributed by atoms with Gasteiger partial charge in [-0.05, 0) is 12.3 Å². The van der Waals surface area contributed by atoms with Crippen molar-refractivity contribution in [2.24, 2.45) is 5.92 Å². The molecule has 0 spiro atoms. The summed E-state index contributed by atoms with van der Waals surface area (Å²) in [6, 6.07) is 0. The lowest BCUT2D eigenvalue weighted by atomic mass is 10.2. The molecule has 0 saturated carbocycles. The molecule has 0 radical (unpaired) electrons. The number of rotatable bonds is 5. The molecule has 0 aromatic heterocycles. The van der Waals surface area contributed by atoms with E-state index in [1.54, 1.807) is 0 Å². The van der Waals surface area contributed by atoms with Crippen LogP contribution in [0.3, 0.4) is 0 Å². The zero-order valence-corrected chi connectivity index (χ0v) is 7.32. The fraction of sp³-hybridized carbons (Fsp3) is 0.857. The first-order chi connectivity index (χ1) is 4.66. The van der Waals surface area contributed by atoms with Crippen molar-refractivity contribution < 1.29 is 9.00 Å². The van der Waals surface area contributed by atoms with Gasteiger partial charge in [-0.3, -0.25) is 4.21 Å². The zero-order valence-electron chi connectivity index (χ0n) is 6.50. The van der Waals surface area contributed by atoms with E-state index >= 15 is 0 Å². The molecule has 0 fully saturated rings. The Hall–Kier alpha value is -0.180. The Morgan fingerprint density at radius 3 is 2.50 bits per heavy atom. The molecule has 0 saturated heterocycles. The third-order valence-electron chi connectivity index (χ3n) is 1.18. The molecule has 60 valence electrons. The molecule has 0 rings (SSSR count). The lowest BCUT2D eigenvalue weighted by Crippen LogP contribution is -2.05. The molecule has 0 heterocycles. The van der Waals surface area contributed by atoms with Gasteiger partial charge in [-0.15, -0.1) is 0 Å². The molecular weight excluding hydrogens is 148 g/mol. The molecule has 0 N–H and O–H groups in total. The largest absolute Gasteiger partial charge is 0.302 e. The van der Waals surface area contributed by atoms with E-state index in [-0.39, 0.29) is 5.75 Å². The normalized spacial score (nSPS) is 13.5. The molecule has 0 bridgehead atoms. The fourth-order valence-corrected chi connectivity index (χ4v) is 1.58. The summed E-state index contributed by atoms with van der Waals surface area (Å²) in [7, 11) is -0.909. The quantitative estimate of drug-likeness (QED) is 0.565. The fourth-order valence-electron chi connectivity index (χ4n) is 0.526. The van der Waals surface area contributed by atoms with E-state index in [4.69, 9.17) is 0 Å². The number of hydrogen-bond acceptors (Lipinski definition) is 2. The van der Waals surface area contributed by atoms with E-state index in [0.29, 0.717) is 11.7 Å². The van der Waals surface area contributed by atoms with Crippen LogP contribution in [-0.4, -0.2) is 22.0 Å². The van der Waals surface area contributed by atoms with Crippen LogP contribution < -0.4 is 0 Å². The van der Waals surface area contributed by atoms with E-state index in [2.05, 4.69) is 13.8 Å². The molecule has 0 amide bonds. The van der Waals surface area contributed by atoms with Gasteiger partial charge in [0.25, 0.3) is 0 Å². The van der Waals surface area contributed by atoms with Gasteiger partial charge in [0.1, 0.15) is 6.29 Å². The van der Waals surface area contributed by atoms with Gasteiger partial charge in [0.05, 0.1) is 5.75 Å². The second kappa shape index (κ2) is 5.59. The van der Waals surface area contributed by atoms with Gasteiger partial charge in [0, 0.05) is 16.6 Å². The summed E-state index contributed by atoms with van der Waals surface area (Å²) in [5.41, 5.74) is 0. The van der Waals surface area contributed by atoms with Crippen molar-refractivity contribution in [1.82, 2.24) is 0 Å². The highest BCUT2D eigenvalue weighted by atomic mass is 32.2. The standard InChI is InChI=1S/C7H14O2S/c1-7(2)3-5-10(9)6-4-8/h4,7H,3,5-6H2,1-2H3. The van der Waals surface area contributed by atoms with Crippen LogP contribution in [0, 0.1) is 5.92 Å². The Balaban J connectivity index is 3.30. The van der Waals surface area contributed by atoms with Crippen molar-refractivity contribution in [3.8, 4) is 0 Å². The third kappa shape index (κ3) is 5.95. The van der Waals surface area contributed by atoms with Gasteiger partial charge in [-0.1, -0.05) is 13.8 Å². The minimum atomic E-state index is -0.909. The number of aldehydes is 1. The Morgan fingerprint density at radius 2 is 2.10 bits per heavy atom. The Morgan fingerprint density at radius 1 is 1.50 bits per heavy atom. The number of carbonyl (C=O) groups excluding carboxylic acids is 1. The Kier molecular flexibility index (Phi) is 5.49. The highest BCUT2D eigenvalue weighted by Crippen LogP contribution is 1.99. The van der Waals surface area contributed by atoms with Gasteiger partial charge in [-0.25, -0.2) is 0 Å². The molecule has 0 aromatic rings. The maximum atomic E-state index is 10.8. The van der Waals surface area contributed by atoms with Crippen LogP contribution in [0.1, 0.15) is 20.3 Å². The summed E-state index contributed by atoms with van der Waals surface area (Å²) >= 11 is 0. The molecule has 0 aliphatic heterocycles. The van der Waals surface area contributed by atoms with Crippen molar-refractivity contribution >= 4 is 17.1 Å². The Bertz CT molecular complexity index is 121. The number of hydrogen-bond donors (Lipinski definition) is 0. The van der Waals surface area contributed by atoms with Gasteiger partial charge >= 0.3 is 0 Å². The van der Waals surface area contributed by atoms with Crippen LogP contribution in [0.5, 0.6) is 0 Å². The molecule has 10 heavy (non-hydrogen) atoms. The van der Waals surface area contributed by atoms with Crippen molar-refractivity contribution in [3.63, 3.8) is 0 Å². The second-order valence-corrected chi connectivity index (χ2v) is 4.28. The SMILES string of the molecule is CC(C)CCS(=O)CC=O. The maximum Gasteiger partial charge on any atom is 0.132 e. The minimum absolute atomic E-state index is 0.201. The molecule has 2 nitrogen and oxygen atoms in total. The summed E-state index contributed by atoms with van der Waals surface area (Å²) in [6.07, 6.45) is 1.66. The first-order valence-corrected chi connectivity index (χ1v) is 4.94. The van der Waals surface area contributed by atoms with Gasteiger partial charge in [0.15, 0.2) is 0 Å². The van der Waals surface area contributed by atoms with E-state index < -0.39 is 10.8 Å². The number of carbonyl (C=O) groups is 1. The predicted molar refractivity (Wildman–Crippen MR) is 43.4 cm³/mol. The van der Waals surface area contributed by atoms with Crippen LogP contribution in [0.25, 0.3) is 0 Å². The van der Waals surface area contributed by atoms with Crippen LogP contribution in [0.2, 0.25) is 0 Å². The summed E-state index contributed by atoms with van der Waals surface area (Å²) in [6.45, 7) is 4.16. The van der Waals surface area contributed by atoms with Gasteiger partial charge in [0.2, 0.25) is 0 Å². The lowest BCUT2D eigenvalue weighted by Gasteiger charge is -2.00. The topological polar surface area (TPSA) is 34.1 Å². The molecule has 1 unspecified atom stereocenters. The van der Waals surface area contributed by atoms with Crippen molar-refractivity contribution in [1.29, 1.82) is 0 Å². The average Bonchev–Trinajstić information content (AvgIpc) is 1.85.